The number of hydrogen-bond acceptors (Lipinski definition) is 4. The van der Waals surface area contributed by atoms with E-state index in [2.05, 4.69) is 22.8 Å². The maximum atomic E-state index is 9.88. The SMILES string of the molecule is C=NNNCC(Cl)CC=O. The first-order valence-corrected chi connectivity index (χ1v) is 3.26. The van der Waals surface area contributed by atoms with Crippen LogP contribution in [0.15, 0.2) is 5.10 Å². The molecule has 0 saturated carbocycles. The van der Waals surface area contributed by atoms with Crippen LogP contribution in [0.3, 0.4) is 0 Å². The van der Waals surface area contributed by atoms with Crippen molar-refractivity contribution in [1.82, 2.24) is 11.0 Å². The summed E-state index contributed by atoms with van der Waals surface area (Å²) in [6.07, 6.45) is 1.12. The zero-order chi connectivity index (χ0) is 7.82. The third kappa shape index (κ3) is 5.53. The van der Waals surface area contributed by atoms with E-state index in [1.165, 1.54) is 0 Å². The standard InChI is InChI=1S/C5H10ClN3O/c1-7-9-8-4-5(6)2-3-10/h3,5,8-9H,1-2,4H2. The van der Waals surface area contributed by atoms with Crippen molar-refractivity contribution in [3.8, 4) is 0 Å². The topological polar surface area (TPSA) is 53.5 Å². The zero-order valence-corrected chi connectivity index (χ0v) is 6.27. The Morgan fingerprint density at radius 1 is 1.80 bits per heavy atom. The van der Waals surface area contributed by atoms with Gasteiger partial charge in [-0.2, -0.15) is 5.10 Å². The Balaban J connectivity index is 3.11. The highest BCUT2D eigenvalue weighted by atomic mass is 35.5. The number of hydrazone groups is 1. The van der Waals surface area contributed by atoms with Crippen LogP contribution in [-0.4, -0.2) is 24.9 Å². The summed E-state index contributed by atoms with van der Waals surface area (Å²) in [7, 11) is 0. The van der Waals surface area contributed by atoms with Crippen molar-refractivity contribution in [1.29, 1.82) is 0 Å². The lowest BCUT2D eigenvalue weighted by molar-refractivity contribution is -0.107. The molecule has 0 heterocycles. The lowest BCUT2D eigenvalue weighted by atomic mass is 10.3. The van der Waals surface area contributed by atoms with Gasteiger partial charge in [0.05, 0.1) is 5.38 Å². The normalized spacial score (nSPS) is 12.1. The second kappa shape index (κ2) is 6.51. The molecule has 0 aromatic carbocycles. The fourth-order valence-corrected chi connectivity index (χ4v) is 0.550. The summed E-state index contributed by atoms with van der Waals surface area (Å²) in [6, 6.07) is 0. The second-order valence-electron chi connectivity index (χ2n) is 1.65. The number of alkyl halides is 1. The Morgan fingerprint density at radius 2 is 2.50 bits per heavy atom. The van der Waals surface area contributed by atoms with Gasteiger partial charge in [0.1, 0.15) is 6.29 Å². The van der Waals surface area contributed by atoms with E-state index in [-0.39, 0.29) is 5.38 Å². The maximum absolute atomic E-state index is 9.88. The minimum atomic E-state index is -0.188. The van der Waals surface area contributed by atoms with E-state index >= 15 is 0 Å². The maximum Gasteiger partial charge on any atom is 0.121 e. The first kappa shape index (κ1) is 9.39. The van der Waals surface area contributed by atoms with Gasteiger partial charge in [0.25, 0.3) is 0 Å². The van der Waals surface area contributed by atoms with Crippen molar-refractivity contribution in [2.45, 2.75) is 11.8 Å². The summed E-state index contributed by atoms with van der Waals surface area (Å²) >= 11 is 5.62. The van der Waals surface area contributed by atoms with Gasteiger partial charge in [-0.25, -0.2) is 11.0 Å². The molecule has 0 fully saturated rings. The van der Waals surface area contributed by atoms with Gasteiger partial charge in [-0.05, 0) is 0 Å². The van der Waals surface area contributed by atoms with E-state index in [4.69, 9.17) is 11.6 Å². The summed E-state index contributed by atoms with van der Waals surface area (Å²) < 4.78 is 0. The van der Waals surface area contributed by atoms with Crippen LogP contribution in [-0.2, 0) is 4.79 Å². The molecule has 0 aliphatic carbocycles. The van der Waals surface area contributed by atoms with Gasteiger partial charge < -0.3 is 4.79 Å². The van der Waals surface area contributed by atoms with Gasteiger partial charge in [0, 0.05) is 19.7 Å². The molecule has 0 aromatic rings. The van der Waals surface area contributed by atoms with Crippen molar-refractivity contribution in [2.75, 3.05) is 6.54 Å². The second-order valence-corrected chi connectivity index (χ2v) is 2.27. The number of hydrazine groups is 1. The van der Waals surface area contributed by atoms with E-state index in [1.807, 2.05) is 0 Å². The third-order valence-electron chi connectivity index (χ3n) is 0.834. The quantitative estimate of drug-likeness (QED) is 0.189. The molecule has 58 valence electrons. The Morgan fingerprint density at radius 3 is 3.00 bits per heavy atom. The molecule has 1 unspecified atom stereocenters. The number of halogens is 1. The Hall–Kier alpha value is -0.610. The van der Waals surface area contributed by atoms with Crippen LogP contribution < -0.4 is 11.0 Å². The average molecular weight is 164 g/mol. The molecular weight excluding hydrogens is 154 g/mol. The molecule has 5 heteroatoms. The highest BCUT2D eigenvalue weighted by molar-refractivity contribution is 6.21. The van der Waals surface area contributed by atoms with Gasteiger partial charge >= 0.3 is 0 Å². The Kier molecular flexibility index (Phi) is 6.11. The van der Waals surface area contributed by atoms with Crippen LogP contribution in [0.25, 0.3) is 0 Å². The van der Waals surface area contributed by atoms with E-state index in [0.717, 1.165) is 6.29 Å². The van der Waals surface area contributed by atoms with Crippen LogP contribution >= 0.6 is 11.6 Å². The molecule has 0 saturated heterocycles. The fourth-order valence-electron chi connectivity index (χ4n) is 0.400. The van der Waals surface area contributed by atoms with Crippen LogP contribution in [0.1, 0.15) is 6.42 Å². The van der Waals surface area contributed by atoms with E-state index in [1.54, 1.807) is 0 Å². The molecule has 1 atom stereocenters. The largest absolute Gasteiger partial charge is 0.303 e. The smallest absolute Gasteiger partial charge is 0.121 e. The molecule has 0 aliphatic heterocycles. The van der Waals surface area contributed by atoms with Gasteiger partial charge in [-0.1, -0.05) is 0 Å². The number of rotatable bonds is 6. The average Bonchev–Trinajstić information content (AvgIpc) is 1.89. The fraction of sp³-hybridized carbons (Fsp3) is 0.600. The summed E-state index contributed by atoms with van der Waals surface area (Å²) in [6.45, 7) is 3.65. The highest BCUT2D eigenvalue weighted by Crippen LogP contribution is 1.95. The molecule has 0 amide bonds. The van der Waals surface area contributed by atoms with Crippen molar-refractivity contribution in [3.05, 3.63) is 0 Å². The van der Waals surface area contributed by atoms with Gasteiger partial charge in [-0.3, -0.25) is 0 Å². The Labute approximate surface area is 64.6 Å². The lowest BCUT2D eigenvalue weighted by Crippen LogP contribution is -2.32. The summed E-state index contributed by atoms with van der Waals surface area (Å²) in [5.41, 5.74) is 5.05. The minimum Gasteiger partial charge on any atom is -0.303 e. The first-order valence-electron chi connectivity index (χ1n) is 2.82. The van der Waals surface area contributed by atoms with Crippen molar-refractivity contribution < 1.29 is 4.79 Å². The molecule has 0 rings (SSSR count). The molecule has 0 bridgehead atoms. The molecular formula is C5H10ClN3O. The molecule has 0 aromatic heterocycles. The van der Waals surface area contributed by atoms with Crippen LogP contribution in [0.5, 0.6) is 0 Å². The van der Waals surface area contributed by atoms with E-state index in [0.29, 0.717) is 13.0 Å². The lowest BCUT2D eigenvalue weighted by Gasteiger charge is -2.05. The number of nitrogens with zero attached hydrogens (tertiary/aromatic N) is 1. The third-order valence-corrected chi connectivity index (χ3v) is 1.17. The van der Waals surface area contributed by atoms with Crippen LogP contribution in [0, 0.1) is 0 Å². The van der Waals surface area contributed by atoms with Crippen molar-refractivity contribution >= 4 is 24.6 Å². The minimum absolute atomic E-state index is 0.188. The molecule has 2 N–H and O–H groups in total. The number of carbonyl (C=O) groups is 1. The zero-order valence-electron chi connectivity index (χ0n) is 5.51. The number of aldehydes is 1. The van der Waals surface area contributed by atoms with E-state index < -0.39 is 0 Å². The Bertz CT molecular complexity index is 109. The molecule has 0 spiro atoms. The van der Waals surface area contributed by atoms with E-state index in [9.17, 15) is 4.79 Å². The molecule has 0 radical (unpaired) electrons. The van der Waals surface area contributed by atoms with Gasteiger partial charge in [0.2, 0.25) is 0 Å². The van der Waals surface area contributed by atoms with Gasteiger partial charge in [0.15, 0.2) is 0 Å². The summed E-state index contributed by atoms with van der Waals surface area (Å²) in [5, 5.41) is 3.12. The number of nitrogens with one attached hydrogen (secondary N) is 2. The first-order chi connectivity index (χ1) is 4.81. The van der Waals surface area contributed by atoms with Gasteiger partial charge in [-0.15, -0.1) is 11.6 Å². The molecule has 4 nitrogen and oxygen atoms in total. The summed E-state index contributed by atoms with van der Waals surface area (Å²) in [5.74, 6) is 0. The van der Waals surface area contributed by atoms with Crippen LogP contribution in [0.4, 0.5) is 0 Å². The molecule has 10 heavy (non-hydrogen) atoms. The number of carbonyl (C=O) groups excluding carboxylic acids is 1. The predicted octanol–water partition coefficient (Wildman–Crippen LogP) is -0.107. The monoisotopic (exact) mass is 163 g/mol. The predicted molar refractivity (Wildman–Crippen MR) is 41.0 cm³/mol. The molecule has 0 aliphatic rings. The van der Waals surface area contributed by atoms with Crippen molar-refractivity contribution in [3.63, 3.8) is 0 Å². The summed E-state index contributed by atoms with van der Waals surface area (Å²) in [4.78, 5) is 9.88. The highest BCUT2D eigenvalue weighted by Gasteiger charge is 2.00. The van der Waals surface area contributed by atoms with Crippen LogP contribution in [0.2, 0.25) is 0 Å². The number of hydrogen-bond donors (Lipinski definition) is 2. The van der Waals surface area contributed by atoms with Crippen molar-refractivity contribution in [2.24, 2.45) is 5.10 Å².